The normalized spacial score (nSPS) is 33.2. The van der Waals surface area contributed by atoms with E-state index in [1.165, 1.54) is 18.4 Å². The van der Waals surface area contributed by atoms with Gasteiger partial charge in [-0.2, -0.15) is 0 Å². The van der Waals surface area contributed by atoms with Gasteiger partial charge in [-0.15, -0.1) is 0 Å². The van der Waals surface area contributed by atoms with Gasteiger partial charge < -0.3 is 9.64 Å². The third kappa shape index (κ3) is 1.73. The van der Waals surface area contributed by atoms with Gasteiger partial charge in [-0.25, -0.2) is 0 Å². The van der Waals surface area contributed by atoms with Crippen molar-refractivity contribution in [1.82, 2.24) is 0 Å². The molecule has 3 aliphatic rings. The number of ether oxygens (including phenoxy) is 1. The maximum Gasteiger partial charge on any atom is 0.224 e. The SMILES string of the molecule is CC(=O)N1c2ccc(Br)c(OC34CC3C4)c2CC[C@@H]1C. The van der Waals surface area contributed by atoms with Crippen LogP contribution < -0.4 is 9.64 Å². The van der Waals surface area contributed by atoms with E-state index in [2.05, 4.69) is 22.9 Å². The lowest BCUT2D eigenvalue weighted by atomic mass is 9.95. The fraction of sp³-hybridized carbons (Fsp3) is 0.562. The van der Waals surface area contributed by atoms with Gasteiger partial charge in [0.25, 0.3) is 0 Å². The van der Waals surface area contributed by atoms with Gasteiger partial charge in [-0.05, 0) is 60.7 Å². The molecule has 1 amide bonds. The first-order valence-electron chi connectivity index (χ1n) is 7.32. The summed E-state index contributed by atoms with van der Waals surface area (Å²) in [5.74, 6) is 1.87. The smallest absolute Gasteiger partial charge is 0.224 e. The van der Waals surface area contributed by atoms with E-state index in [1.807, 2.05) is 17.0 Å². The van der Waals surface area contributed by atoms with E-state index >= 15 is 0 Å². The maximum atomic E-state index is 11.9. The lowest BCUT2D eigenvalue weighted by molar-refractivity contribution is -0.117. The third-order valence-corrected chi connectivity index (χ3v) is 5.58. The van der Waals surface area contributed by atoms with Gasteiger partial charge in [-0.3, -0.25) is 4.79 Å². The molecule has 4 rings (SSSR count). The van der Waals surface area contributed by atoms with Crippen molar-refractivity contribution >= 4 is 27.5 Å². The Kier molecular flexibility index (Phi) is 2.54. The minimum absolute atomic E-state index is 0.112. The van der Waals surface area contributed by atoms with Gasteiger partial charge in [0.2, 0.25) is 5.91 Å². The number of carbonyl (C=O) groups excluding carboxylic acids is 1. The average molecular weight is 336 g/mol. The van der Waals surface area contributed by atoms with Gasteiger partial charge in [0, 0.05) is 24.4 Å². The molecule has 0 N–H and O–H groups in total. The first kappa shape index (κ1) is 12.7. The lowest BCUT2D eigenvalue weighted by Gasteiger charge is -2.35. The van der Waals surface area contributed by atoms with E-state index in [0.29, 0.717) is 0 Å². The number of anilines is 1. The molecule has 4 heteroatoms. The van der Waals surface area contributed by atoms with Gasteiger partial charge >= 0.3 is 0 Å². The molecule has 1 atom stereocenters. The molecule has 0 aromatic heterocycles. The molecule has 2 saturated carbocycles. The van der Waals surface area contributed by atoms with Crippen LogP contribution in [-0.4, -0.2) is 17.6 Å². The molecule has 2 fully saturated rings. The van der Waals surface area contributed by atoms with Crippen molar-refractivity contribution in [2.24, 2.45) is 5.92 Å². The fourth-order valence-corrected chi connectivity index (χ4v) is 3.85. The Bertz CT molecular complexity index is 607. The van der Waals surface area contributed by atoms with Crippen LogP contribution in [0, 0.1) is 5.92 Å². The standard InChI is InChI=1S/C16H18BrNO2/c1-9-3-4-12-14(18(9)10(2)19)6-5-13(17)15(12)20-16-7-11(16)8-16/h5-6,9,11H,3-4,7-8H2,1-2H3/t9-,11?,16?/m0/s1. The predicted molar refractivity (Wildman–Crippen MR) is 81.2 cm³/mol. The second-order valence-corrected chi connectivity index (χ2v) is 7.28. The number of fused-ring (bicyclic) bond motifs is 2. The number of hydrogen-bond acceptors (Lipinski definition) is 2. The Morgan fingerprint density at radius 3 is 2.75 bits per heavy atom. The van der Waals surface area contributed by atoms with E-state index in [-0.39, 0.29) is 17.6 Å². The highest BCUT2D eigenvalue weighted by molar-refractivity contribution is 9.10. The van der Waals surface area contributed by atoms with Crippen LogP contribution in [0.15, 0.2) is 16.6 Å². The summed E-state index contributed by atoms with van der Waals surface area (Å²) < 4.78 is 7.31. The zero-order valence-corrected chi connectivity index (χ0v) is 13.4. The van der Waals surface area contributed by atoms with E-state index in [9.17, 15) is 4.79 Å². The summed E-state index contributed by atoms with van der Waals surface area (Å²) in [5.41, 5.74) is 2.38. The summed E-state index contributed by atoms with van der Waals surface area (Å²) in [5, 5.41) is 0. The number of benzene rings is 1. The predicted octanol–water partition coefficient (Wildman–Crippen LogP) is 3.68. The zero-order valence-electron chi connectivity index (χ0n) is 11.8. The summed E-state index contributed by atoms with van der Waals surface area (Å²) in [6, 6.07) is 4.32. The Labute approximate surface area is 127 Å². The first-order chi connectivity index (χ1) is 9.52. The topological polar surface area (TPSA) is 29.5 Å². The van der Waals surface area contributed by atoms with Crippen LogP contribution in [0.3, 0.4) is 0 Å². The molecule has 1 heterocycles. The summed E-state index contributed by atoms with van der Waals surface area (Å²) in [6.45, 7) is 3.76. The van der Waals surface area contributed by atoms with E-state index in [0.717, 1.165) is 34.7 Å². The molecule has 0 saturated heterocycles. The molecule has 0 spiro atoms. The Morgan fingerprint density at radius 1 is 1.45 bits per heavy atom. The molecule has 0 radical (unpaired) electrons. The molecule has 0 bridgehead atoms. The van der Waals surface area contributed by atoms with Crippen molar-refractivity contribution in [3.63, 3.8) is 0 Å². The number of hydrogen-bond donors (Lipinski definition) is 0. The quantitative estimate of drug-likeness (QED) is 0.825. The maximum absolute atomic E-state index is 11.9. The molecular formula is C16H18BrNO2. The Hall–Kier alpha value is -1.03. The summed E-state index contributed by atoms with van der Waals surface area (Å²) in [4.78, 5) is 13.9. The lowest BCUT2D eigenvalue weighted by Crippen LogP contribution is -2.40. The average Bonchev–Trinajstić information content (AvgIpc) is 3.21. The number of rotatable bonds is 2. The van der Waals surface area contributed by atoms with E-state index < -0.39 is 0 Å². The molecule has 1 aromatic carbocycles. The van der Waals surface area contributed by atoms with Gasteiger partial charge in [0.1, 0.15) is 11.4 Å². The summed E-state index contributed by atoms with van der Waals surface area (Å²) in [7, 11) is 0. The van der Waals surface area contributed by atoms with Crippen LogP contribution in [0.25, 0.3) is 0 Å². The van der Waals surface area contributed by atoms with E-state index in [1.54, 1.807) is 6.92 Å². The van der Waals surface area contributed by atoms with Crippen LogP contribution in [0.5, 0.6) is 5.75 Å². The number of halogens is 1. The van der Waals surface area contributed by atoms with Gasteiger partial charge in [-0.1, -0.05) is 0 Å². The first-order valence-corrected chi connectivity index (χ1v) is 8.11. The molecule has 2 aliphatic carbocycles. The molecule has 1 aliphatic heterocycles. The highest BCUT2D eigenvalue weighted by Gasteiger charge is 2.73. The van der Waals surface area contributed by atoms with E-state index in [4.69, 9.17) is 4.74 Å². The van der Waals surface area contributed by atoms with Crippen LogP contribution in [-0.2, 0) is 11.2 Å². The second kappa shape index (κ2) is 4.00. The molecule has 1 aromatic rings. The van der Waals surface area contributed by atoms with Crippen molar-refractivity contribution in [3.8, 4) is 5.75 Å². The van der Waals surface area contributed by atoms with Crippen LogP contribution in [0.4, 0.5) is 5.69 Å². The fourth-order valence-electron chi connectivity index (χ4n) is 3.39. The Balaban J connectivity index is 1.78. The zero-order chi connectivity index (χ0) is 14.1. The largest absolute Gasteiger partial charge is 0.485 e. The molecule has 3 nitrogen and oxygen atoms in total. The third-order valence-electron chi connectivity index (χ3n) is 4.95. The highest BCUT2D eigenvalue weighted by atomic mass is 79.9. The summed E-state index contributed by atoms with van der Waals surface area (Å²) >= 11 is 3.62. The van der Waals surface area contributed by atoms with Crippen LogP contribution in [0.2, 0.25) is 0 Å². The number of amides is 1. The Morgan fingerprint density at radius 2 is 2.15 bits per heavy atom. The van der Waals surface area contributed by atoms with Gasteiger partial charge in [0.15, 0.2) is 0 Å². The monoisotopic (exact) mass is 335 g/mol. The van der Waals surface area contributed by atoms with Crippen molar-refractivity contribution in [2.75, 3.05) is 4.90 Å². The minimum Gasteiger partial charge on any atom is -0.485 e. The van der Waals surface area contributed by atoms with Crippen molar-refractivity contribution in [3.05, 3.63) is 22.2 Å². The molecule has 106 valence electrons. The summed E-state index contributed by atoms with van der Waals surface area (Å²) in [6.07, 6.45) is 4.39. The second-order valence-electron chi connectivity index (χ2n) is 6.42. The van der Waals surface area contributed by atoms with Crippen LogP contribution in [0.1, 0.15) is 38.7 Å². The van der Waals surface area contributed by atoms with Crippen LogP contribution >= 0.6 is 15.9 Å². The molecule has 0 unspecified atom stereocenters. The minimum atomic E-state index is 0.112. The van der Waals surface area contributed by atoms with Crippen molar-refractivity contribution in [1.29, 1.82) is 0 Å². The number of nitrogens with zero attached hydrogens (tertiary/aromatic N) is 1. The van der Waals surface area contributed by atoms with Gasteiger partial charge in [0.05, 0.1) is 10.2 Å². The van der Waals surface area contributed by atoms with Crippen molar-refractivity contribution in [2.45, 2.75) is 51.2 Å². The number of carbonyl (C=O) groups is 1. The van der Waals surface area contributed by atoms with Crippen molar-refractivity contribution < 1.29 is 9.53 Å². The molecular weight excluding hydrogens is 318 g/mol. The highest BCUT2D eigenvalue weighted by Crippen LogP contribution is 2.69. The molecule has 20 heavy (non-hydrogen) atoms.